The second-order valence-corrected chi connectivity index (χ2v) is 4.98. The van der Waals surface area contributed by atoms with E-state index in [1.54, 1.807) is 0 Å². The van der Waals surface area contributed by atoms with Gasteiger partial charge in [0.2, 0.25) is 0 Å². The molecule has 1 aromatic heterocycles. The van der Waals surface area contributed by atoms with Gasteiger partial charge in [-0.25, -0.2) is 0 Å². The van der Waals surface area contributed by atoms with Crippen LogP contribution in [-0.4, -0.2) is 42.8 Å². The highest BCUT2D eigenvalue weighted by molar-refractivity contribution is 7.10. The number of hydrogen-bond donors (Lipinski definition) is 2. The largest absolute Gasteiger partial charge is 0.395 e. The van der Waals surface area contributed by atoms with Gasteiger partial charge in [0, 0.05) is 24.0 Å². The predicted octanol–water partition coefficient (Wildman–Crippen LogP) is 0.850. The summed E-state index contributed by atoms with van der Waals surface area (Å²) in [5.74, 6) is 0. The average molecular weight is 228 g/mol. The molecule has 1 atom stereocenters. The Morgan fingerprint density at radius 3 is 2.87 bits per heavy atom. The van der Waals surface area contributed by atoms with Crippen molar-refractivity contribution in [3.8, 4) is 0 Å². The lowest BCUT2D eigenvalue weighted by atomic mass is 10.2. The quantitative estimate of drug-likeness (QED) is 0.759. The summed E-state index contributed by atoms with van der Waals surface area (Å²) in [7, 11) is 2.04. The van der Waals surface area contributed by atoms with Crippen LogP contribution in [0.1, 0.15) is 10.4 Å². The van der Waals surface area contributed by atoms with Crippen molar-refractivity contribution in [3.63, 3.8) is 0 Å². The van der Waals surface area contributed by atoms with Crippen LogP contribution in [0, 0.1) is 6.92 Å². The van der Waals surface area contributed by atoms with E-state index in [-0.39, 0.29) is 12.6 Å². The molecule has 15 heavy (non-hydrogen) atoms. The van der Waals surface area contributed by atoms with Gasteiger partial charge in [-0.05, 0) is 37.4 Å². The van der Waals surface area contributed by atoms with Crippen molar-refractivity contribution in [2.75, 3.05) is 26.7 Å². The molecule has 3 nitrogen and oxygen atoms in total. The van der Waals surface area contributed by atoms with Gasteiger partial charge in [-0.1, -0.05) is 0 Å². The third kappa shape index (κ3) is 4.30. The minimum absolute atomic E-state index is 0.0579. The van der Waals surface area contributed by atoms with E-state index >= 15 is 0 Å². The predicted molar refractivity (Wildman–Crippen MR) is 65.3 cm³/mol. The number of aliphatic hydroxyl groups excluding tert-OH is 1. The molecule has 4 heteroatoms. The van der Waals surface area contributed by atoms with Crippen molar-refractivity contribution in [3.05, 3.63) is 21.9 Å². The van der Waals surface area contributed by atoms with Crippen LogP contribution in [0.25, 0.3) is 0 Å². The maximum Gasteiger partial charge on any atom is 0.0595 e. The lowest BCUT2D eigenvalue weighted by molar-refractivity contribution is 0.223. The number of nitrogens with two attached hydrogens (primary N) is 1. The summed E-state index contributed by atoms with van der Waals surface area (Å²) >= 11 is 1.81. The number of aryl methyl sites for hydroxylation is 1. The third-order valence-electron chi connectivity index (χ3n) is 2.47. The van der Waals surface area contributed by atoms with Crippen LogP contribution in [0.2, 0.25) is 0 Å². The smallest absolute Gasteiger partial charge is 0.0595 e. The lowest BCUT2D eigenvalue weighted by Crippen LogP contribution is -2.38. The van der Waals surface area contributed by atoms with Gasteiger partial charge in [0.1, 0.15) is 0 Å². The Morgan fingerprint density at radius 2 is 2.33 bits per heavy atom. The first kappa shape index (κ1) is 12.6. The second kappa shape index (κ2) is 6.23. The van der Waals surface area contributed by atoms with Crippen LogP contribution in [0.15, 0.2) is 11.4 Å². The van der Waals surface area contributed by atoms with Crippen LogP contribution in [0.5, 0.6) is 0 Å². The van der Waals surface area contributed by atoms with E-state index in [2.05, 4.69) is 23.3 Å². The molecule has 0 aromatic carbocycles. The molecular formula is C11H20N2OS. The number of nitrogens with zero attached hydrogens (tertiary/aromatic N) is 1. The van der Waals surface area contributed by atoms with Gasteiger partial charge in [0.05, 0.1) is 6.61 Å². The van der Waals surface area contributed by atoms with Crippen molar-refractivity contribution >= 4 is 11.3 Å². The number of likely N-dealkylation sites (N-methyl/N-ethyl adjacent to an activating group) is 1. The standard InChI is InChI=1S/C11H20N2OS/c1-9-4-6-15-11(9)3-5-13(2)7-10(12)8-14/h4,6,10,14H,3,5,7-8,12H2,1-2H3. The Labute approximate surface area is 95.5 Å². The van der Waals surface area contributed by atoms with E-state index in [9.17, 15) is 0 Å². The van der Waals surface area contributed by atoms with Gasteiger partial charge < -0.3 is 15.7 Å². The Morgan fingerprint density at radius 1 is 1.60 bits per heavy atom. The van der Waals surface area contributed by atoms with E-state index in [1.165, 1.54) is 10.4 Å². The van der Waals surface area contributed by atoms with Crippen LogP contribution in [-0.2, 0) is 6.42 Å². The Hall–Kier alpha value is -0.420. The van der Waals surface area contributed by atoms with Crippen LogP contribution in [0.3, 0.4) is 0 Å². The second-order valence-electron chi connectivity index (χ2n) is 3.98. The normalized spacial score (nSPS) is 13.4. The fourth-order valence-corrected chi connectivity index (χ4v) is 2.40. The Balaban J connectivity index is 2.28. The zero-order valence-electron chi connectivity index (χ0n) is 9.44. The zero-order valence-corrected chi connectivity index (χ0v) is 10.3. The monoisotopic (exact) mass is 228 g/mol. The van der Waals surface area contributed by atoms with Crippen LogP contribution < -0.4 is 5.73 Å². The summed E-state index contributed by atoms with van der Waals surface area (Å²) in [6, 6.07) is 2.03. The van der Waals surface area contributed by atoms with Crippen LogP contribution >= 0.6 is 11.3 Å². The van der Waals surface area contributed by atoms with Gasteiger partial charge in [-0.15, -0.1) is 11.3 Å². The number of rotatable bonds is 6. The minimum Gasteiger partial charge on any atom is -0.395 e. The number of thiophene rings is 1. The lowest BCUT2D eigenvalue weighted by Gasteiger charge is -2.19. The molecule has 0 aliphatic heterocycles. The number of hydrogen-bond acceptors (Lipinski definition) is 4. The average Bonchev–Trinajstić information content (AvgIpc) is 2.61. The molecule has 0 saturated heterocycles. The maximum atomic E-state index is 8.83. The molecule has 0 aliphatic rings. The molecule has 86 valence electrons. The highest BCUT2D eigenvalue weighted by Gasteiger charge is 2.06. The van der Waals surface area contributed by atoms with Gasteiger partial charge in [0.25, 0.3) is 0 Å². The first-order valence-corrected chi connectivity index (χ1v) is 6.09. The molecular weight excluding hydrogens is 208 g/mol. The maximum absolute atomic E-state index is 8.83. The fraction of sp³-hybridized carbons (Fsp3) is 0.636. The summed E-state index contributed by atoms with van der Waals surface area (Å²) in [6.07, 6.45) is 1.07. The van der Waals surface area contributed by atoms with Crippen molar-refractivity contribution in [1.29, 1.82) is 0 Å². The highest BCUT2D eigenvalue weighted by atomic mass is 32.1. The molecule has 1 heterocycles. The Bertz CT molecular complexity index is 288. The molecule has 0 bridgehead atoms. The van der Waals surface area contributed by atoms with Gasteiger partial charge in [-0.2, -0.15) is 0 Å². The molecule has 0 amide bonds. The van der Waals surface area contributed by atoms with Crippen molar-refractivity contribution < 1.29 is 5.11 Å². The van der Waals surface area contributed by atoms with E-state index in [1.807, 2.05) is 18.4 Å². The molecule has 1 unspecified atom stereocenters. The van der Waals surface area contributed by atoms with Crippen molar-refractivity contribution in [2.45, 2.75) is 19.4 Å². The fourth-order valence-electron chi connectivity index (χ4n) is 1.50. The van der Waals surface area contributed by atoms with Gasteiger partial charge >= 0.3 is 0 Å². The molecule has 1 rings (SSSR count). The summed E-state index contributed by atoms with van der Waals surface area (Å²) in [5.41, 5.74) is 7.04. The van der Waals surface area contributed by atoms with E-state index in [4.69, 9.17) is 10.8 Å². The first-order chi connectivity index (χ1) is 7.13. The van der Waals surface area contributed by atoms with E-state index < -0.39 is 0 Å². The summed E-state index contributed by atoms with van der Waals surface area (Å²) in [5, 5.41) is 11.0. The summed E-state index contributed by atoms with van der Waals surface area (Å²) in [6.45, 7) is 3.95. The van der Waals surface area contributed by atoms with Crippen molar-refractivity contribution in [1.82, 2.24) is 4.90 Å². The van der Waals surface area contributed by atoms with E-state index in [0.717, 1.165) is 19.5 Å². The third-order valence-corrected chi connectivity index (χ3v) is 3.55. The molecule has 0 saturated carbocycles. The van der Waals surface area contributed by atoms with Gasteiger partial charge in [0.15, 0.2) is 0 Å². The molecule has 0 radical (unpaired) electrons. The summed E-state index contributed by atoms with van der Waals surface area (Å²) < 4.78 is 0. The molecule has 3 N–H and O–H groups in total. The Kier molecular flexibility index (Phi) is 5.25. The van der Waals surface area contributed by atoms with E-state index in [0.29, 0.717) is 0 Å². The van der Waals surface area contributed by atoms with Gasteiger partial charge in [-0.3, -0.25) is 0 Å². The number of aliphatic hydroxyl groups is 1. The zero-order chi connectivity index (χ0) is 11.3. The molecule has 0 spiro atoms. The molecule has 1 aromatic rings. The highest BCUT2D eigenvalue weighted by Crippen LogP contribution is 2.16. The first-order valence-electron chi connectivity index (χ1n) is 5.21. The topological polar surface area (TPSA) is 49.5 Å². The minimum atomic E-state index is -0.126. The SMILES string of the molecule is Cc1ccsc1CCN(C)CC(N)CO. The van der Waals surface area contributed by atoms with Crippen LogP contribution in [0.4, 0.5) is 0 Å². The van der Waals surface area contributed by atoms with Crippen molar-refractivity contribution in [2.24, 2.45) is 5.73 Å². The summed E-state index contributed by atoms with van der Waals surface area (Å²) in [4.78, 5) is 3.61. The molecule has 0 aliphatic carbocycles. The molecule has 0 fully saturated rings.